The van der Waals surface area contributed by atoms with Gasteiger partial charge in [0.15, 0.2) is 11.6 Å². The molecule has 3 rings (SSSR count). The maximum Gasteiger partial charge on any atom is 0.194 e. The molecule has 2 aromatic carbocycles. The lowest BCUT2D eigenvalue weighted by atomic mass is 9.81. The summed E-state index contributed by atoms with van der Waals surface area (Å²) in [5.41, 5.74) is 3.31. The molecule has 2 nitrogen and oxygen atoms in total. The summed E-state index contributed by atoms with van der Waals surface area (Å²) in [6.45, 7) is 2.22. The minimum absolute atomic E-state index is 0.00165. The minimum atomic E-state index is -0.0232. The normalized spacial score (nSPS) is 12.9. The third kappa shape index (κ3) is 3.19. The summed E-state index contributed by atoms with van der Waals surface area (Å²) in [5, 5.41) is 0. The fourth-order valence-electron chi connectivity index (χ4n) is 3.52. The third-order valence-electron chi connectivity index (χ3n) is 4.84. The summed E-state index contributed by atoms with van der Waals surface area (Å²) in [6.07, 6.45) is 8.21. The van der Waals surface area contributed by atoms with Crippen molar-refractivity contribution in [3.8, 4) is 0 Å². The van der Waals surface area contributed by atoms with Gasteiger partial charge in [-0.1, -0.05) is 81.5 Å². The number of aryl methyl sites for hydroxylation is 1. The first-order valence-electron chi connectivity index (χ1n) is 9.04. The van der Waals surface area contributed by atoms with Crippen molar-refractivity contribution < 1.29 is 9.59 Å². The standard InChI is InChI=1S/C22H24O2/c1-2-3-4-5-6-7-11-16-12-10-15-19-20(16)22(24)18-14-9-8-13-17(18)21(19)23/h8-10,12-15H,2-7,11H2,1H3. The van der Waals surface area contributed by atoms with E-state index in [9.17, 15) is 9.59 Å². The van der Waals surface area contributed by atoms with Gasteiger partial charge >= 0.3 is 0 Å². The molecule has 0 unspecified atom stereocenters. The van der Waals surface area contributed by atoms with E-state index in [-0.39, 0.29) is 11.6 Å². The molecule has 0 atom stereocenters. The summed E-state index contributed by atoms with van der Waals surface area (Å²) >= 11 is 0. The number of ketones is 2. The molecule has 0 amide bonds. The first-order valence-corrected chi connectivity index (χ1v) is 9.04. The second kappa shape index (κ2) is 7.57. The van der Waals surface area contributed by atoms with Gasteiger partial charge in [0.05, 0.1) is 0 Å². The molecule has 1 aliphatic rings. The summed E-state index contributed by atoms with van der Waals surface area (Å²) < 4.78 is 0. The van der Waals surface area contributed by atoms with Crippen molar-refractivity contribution in [1.29, 1.82) is 0 Å². The van der Waals surface area contributed by atoms with Crippen LogP contribution in [0.1, 0.15) is 82.9 Å². The number of hydrogen-bond donors (Lipinski definition) is 0. The maximum absolute atomic E-state index is 12.9. The molecule has 0 radical (unpaired) electrons. The van der Waals surface area contributed by atoms with Crippen LogP contribution >= 0.6 is 0 Å². The Morgan fingerprint density at radius 3 is 2.04 bits per heavy atom. The Morgan fingerprint density at radius 1 is 0.667 bits per heavy atom. The molecule has 1 aliphatic carbocycles. The van der Waals surface area contributed by atoms with Crippen LogP contribution in [-0.4, -0.2) is 11.6 Å². The summed E-state index contributed by atoms with van der Waals surface area (Å²) in [5.74, 6) is -0.0215. The number of benzene rings is 2. The highest BCUT2D eigenvalue weighted by Gasteiger charge is 2.30. The predicted octanol–water partition coefficient (Wildman–Crippen LogP) is 5.37. The lowest BCUT2D eigenvalue weighted by Gasteiger charge is -2.20. The number of fused-ring (bicyclic) bond motifs is 2. The van der Waals surface area contributed by atoms with Crippen molar-refractivity contribution in [2.24, 2.45) is 0 Å². The Bertz CT molecular complexity index is 758. The van der Waals surface area contributed by atoms with Crippen LogP contribution in [0.15, 0.2) is 42.5 Å². The van der Waals surface area contributed by atoms with Crippen LogP contribution in [-0.2, 0) is 6.42 Å². The molecular formula is C22H24O2. The fraction of sp³-hybridized carbons (Fsp3) is 0.364. The first-order chi connectivity index (χ1) is 11.7. The molecule has 0 fully saturated rings. The van der Waals surface area contributed by atoms with E-state index in [0.29, 0.717) is 22.3 Å². The third-order valence-corrected chi connectivity index (χ3v) is 4.84. The average Bonchev–Trinajstić information content (AvgIpc) is 2.62. The molecule has 0 N–H and O–H groups in total. The van der Waals surface area contributed by atoms with E-state index >= 15 is 0 Å². The van der Waals surface area contributed by atoms with Crippen LogP contribution in [0.25, 0.3) is 0 Å². The zero-order chi connectivity index (χ0) is 16.9. The van der Waals surface area contributed by atoms with Crippen LogP contribution in [0.3, 0.4) is 0 Å². The molecule has 0 saturated heterocycles. The first kappa shape index (κ1) is 16.6. The van der Waals surface area contributed by atoms with Gasteiger partial charge in [0.1, 0.15) is 0 Å². The zero-order valence-corrected chi connectivity index (χ0v) is 14.3. The van der Waals surface area contributed by atoms with Gasteiger partial charge < -0.3 is 0 Å². The van der Waals surface area contributed by atoms with Crippen molar-refractivity contribution in [1.82, 2.24) is 0 Å². The summed E-state index contributed by atoms with van der Waals surface area (Å²) in [6, 6.07) is 12.9. The van der Waals surface area contributed by atoms with Crippen molar-refractivity contribution in [2.45, 2.75) is 51.9 Å². The molecule has 0 bridgehead atoms. The number of carbonyl (C=O) groups is 2. The van der Waals surface area contributed by atoms with E-state index in [0.717, 1.165) is 18.4 Å². The van der Waals surface area contributed by atoms with Crippen LogP contribution in [0.4, 0.5) is 0 Å². The second-order valence-corrected chi connectivity index (χ2v) is 6.56. The highest BCUT2D eigenvalue weighted by molar-refractivity contribution is 6.28. The van der Waals surface area contributed by atoms with E-state index in [1.807, 2.05) is 24.3 Å². The smallest absolute Gasteiger partial charge is 0.194 e. The monoisotopic (exact) mass is 320 g/mol. The number of rotatable bonds is 7. The number of unbranched alkanes of at least 4 members (excludes halogenated alkanes) is 5. The van der Waals surface area contributed by atoms with Gasteiger partial charge in [-0.3, -0.25) is 9.59 Å². The Morgan fingerprint density at radius 2 is 1.29 bits per heavy atom. The molecule has 124 valence electrons. The fourth-order valence-corrected chi connectivity index (χ4v) is 3.52. The zero-order valence-electron chi connectivity index (χ0n) is 14.3. The molecule has 0 spiro atoms. The molecular weight excluding hydrogens is 296 g/mol. The van der Waals surface area contributed by atoms with Gasteiger partial charge in [0.2, 0.25) is 0 Å². The van der Waals surface area contributed by atoms with Crippen molar-refractivity contribution in [2.75, 3.05) is 0 Å². The quantitative estimate of drug-likeness (QED) is 0.549. The largest absolute Gasteiger partial charge is 0.289 e. The number of carbonyl (C=O) groups excluding carboxylic acids is 2. The lowest BCUT2D eigenvalue weighted by Crippen LogP contribution is -2.22. The SMILES string of the molecule is CCCCCCCCc1cccc2c1C(=O)c1ccccc1C2=O. The topological polar surface area (TPSA) is 34.1 Å². The van der Waals surface area contributed by atoms with E-state index in [1.165, 1.54) is 32.1 Å². The van der Waals surface area contributed by atoms with Crippen LogP contribution in [0.2, 0.25) is 0 Å². The van der Waals surface area contributed by atoms with Gasteiger partial charge in [-0.25, -0.2) is 0 Å². The van der Waals surface area contributed by atoms with Gasteiger partial charge in [0, 0.05) is 22.3 Å². The molecule has 2 heteroatoms. The molecule has 0 heterocycles. The Balaban J connectivity index is 1.80. The maximum atomic E-state index is 12.9. The Hall–Kier alpha value is -2.22. The van der Waals surface area contributed by atoms with E-state index in [2.05, 4.69) is 6.92 Å². The van der Waals surface area contributed by atoms with Crippen LogP contribution in [0, 0.1) is 0 Å². The van der Waals surface area contributed by atoms with Crippen molar-refractivity contribution in [3.63, 3.8) is 0 Å². The Labute approximate surface area is 143 Å². The molecule has 0 aliphatic heterocycles. The molecule has 2 aromatic rings. The van der Waals surface area contributed by atoms with Gasteiger partial charge in [-0.2, -0.15) is 0 Å². The molecule has 0 saturated carbocycles. The second-order valence-electron chi connectivity index (χ2n) is 6.56. The van der Waals surface area contributed by atoms with E-state index in [1.54, 1.807) is 18.2 Å². The summed E-state index contributed by atoms with van der Waals surface area (Å²) in [4.78, 5) is 25.6. The van der Waals surface area contributed by atoms with Crippen molar-refractivity contribution >= 4 is 11.6 Å². The molecule has 24 heavy (non-hydrogen) atoms. The lowest BCUT2D eigenvalue weighted by molar-refractivity contribution is 0.0978. The predicted molar refractivity (Wildman–Crippen MR) is 96.8 cm³/mol. The van der Waals surface area contributed by atoms with E-state index in [4.69, 9.17) is 0 Å². The van der Waals surface area contributed by atoms with Crippen LogP contribution < -0.4 is 0 Å². The van der Waals surface area contributed by atoms with Gasteiger partial charge in [-0.05, 0) is 18.4 Å². The van der Waals surface area contributed by atoms with Crippen molar-refractivity contribution in [3.05, 3.63) is 70.3 Å². The summed E-state index contributed by atoms with van der Waals surface area (Å²) in [7, 11) is 0. The van der Waals surface area contributed by atoms with Gasteiger partial charge in [0.25, 0.3) is 0 Å². The number of hydrogen-bond acceptors (Lipinski definition) is 2. The highest BCUT2D eigenvalue weighted by atomic mass is 16.1. The van der Waals surface area contributed by atoms with E-state index < -0.39 is 0 Å². The highest BCUT2D eigenvalue weighted by Crippen LogP contribution is 2.30. The minimum Gasteiger partial charge on any atom is -0.289 e. The van der Waals surface area contributed by atoms with Gasteiger partial charge in [-0.15, -0.1) is 0 Å². The van der Waals surface area contributed by atoms with Crippen LogP contribution in [0.5, 0.6) is 0 Å². The average molecular weight is 320 g/mol. The Kier molecular flexibility index (Phi) is 5.24. The molecule has 0 aromatic heterocycles.